The largest absolute Gasteiger partial charge is 0.369 e. The molecule has 1 aromatic heterocycles. The Balaban J connectivity index is 1.31. The predicted octanol–water partition coefficient (Wildman–Crippen LogP) is 3.45. The van der Waals surface area contributed by atoms with Crippen molar-refractivity contribution in [3.63, 3.8) is 0 Å². The number of hydrogen-bond donors (Lipinski definition) is 2. The molecule has 176 valence electrons. The van der Waals surface area contributed by atoms with Crippen LogP contribution in [0.3, 0.4) is 0 Å². The first-order valence-corrected chi connectivity index (χ1v) is 11.8. The molecule has 0 unspecified atom stereocenters. The number of halogens is 1. The van der Waals surface area contributed by atoms with Crippen molar-refractivity contribution in [2.24, 2.45) is 11.7 Å². The molecule has 3 aromatic rings. The topological polar surface area (TPSA) is 93.2 Å². The molecule has 2 aromatic carbocycles. The van der Waals surface area contributed by atoms with Crippen LogP contribution < -0.4 is 11.1 Å². The summed E-state index contributed by atoms with van der Waals surface area (Å²) in [5, 5.41) is 7.49. The standard InChI is InChI=1S/C26H28FN5O2/c27-21-8-1-2-9-23(21)32-22-10-4-7-20(22)24(30-32)26(34)29-19-6-3-5-17(15-19)16-31-13-11-18(12-14-31)25(28)33/h1-3,5-6,8-9,15,18H,4,7,10-14,16H2,(H2,28,33)(H,29,34). The van der Waals surface area contributed by atoms with E-state index in [4.69, 9.17) is 5.73 Å². The number of amides is 2. The summed E-state index contributed by atoms with van der Waals surface area (Å²) in [6, 6.07) is 14.3. The fourth-order valence-electron chi connectivity index (χ4n) is 5.01. The van der Waals surface area contributed by atoms with E-state index in [0.717, 1.165) is 68.6 Å². The quantitative estimate of drug-likeness (QED) is 0.588. The minimum atomic E-state index is -0.362. The second-order valence-corrected chi connectivity index (χ2v) is 9.10. The van der Waals surface area contributed by atoms with Crippen LogP contribution >= 0.6 is 0 Å². The third kappa shape index (κ3) is 4.46. The molecule has 7 nitrogen and oxygen atoms in total. The molecule has 2 aliphatic rings. The molecule has 0 atom stereocenters. The molecule has 3 N–H and O–H groups in total. The first-order chi connectivity index (χ1) is 16.5. The van der Waals surface area contributed by atoms with E-state index in [2.05, 4.69) is 15.3 Å². The fourth-order valence-corrected chi connectivity index (χ4v) is 5.01. The number of fused-ring (bicyclic) bond motifs is 1. The van der Waals surface area contributed by atoms with Crippen molar-refractivity contribution < 1.29 is 14.0 Å². The highest BCUT2D eigenvalue weighted by Crippen LogP contribution is 2.29. The first kappa shape index (κ1) is 22.3. The van der Waals surface area contributed by atoms with Gasteiger partial charge in [0, 0.05) is 29.4 Å². The van der Waals surface area contributed by atoms with Crippen LogP contribution in [0.4, 0.5) is 10.1 Å². The average Bonchev–Trinajstić information content (AvgIpc) is 3.43. The number of para-hydroxylation sites is 1. The van der Waals surface area contributed by atoms with Gasteiger partial charge in [0.25, 0.3) is 5.91 Å². The zero-order chi connectivity index (χ0) is 23.7. The van der Waals surface area contributed by atoms with Crippen LogP contribution in [0, 0.1) is 11.7 Å². The number of anilines is 1. The molecule has 0 spiro atoms. The van der Waals surface area contributed by atoms with Gasteiger partial charge in [0.15, 0.2) is 5.69 Å². The van der Waals surface area contributed by atoms with E-state index in [9.17, 15) is 14.0 Å². The van der Waals surface area contributed by atoms with Crippen molar-refractivity contribution in [1.29, 1.82) is 0 Å². The predicted molar refractivity (Wildman–Crippen MR) is 127 cm³/mol. The Morgan fingerprint density at radius 1 is 1.09 bits per heavy atom. The highest BCUT2D eigenvalue weighted by molar-refractivity contribution is 6.04. The van der Waals surface area contributed by atoms with Gasteiger partial charge < -0.3 is 11.1 Å². The van der Waals surface area contributed by atoms with E-state index in [1.54, 1.807) is 22.9 Å². The number of primary amides is 1. The lowest BCUT2D eigenvalue weighted by Gasteiger charge is -2.30. The second-order valence-electron chi connectivity index (χ2n) is 9.10. The lowest BCUT2D eigenvalue weighted by molar-refractivity contribution is -0.123. The maximum absolute atomic E-state index is 14.4. The van der Waals surface area contributed by atoms with Crippen LogP contribution in [0.5, 0.6) is 0 Å². The van der Waals surface area contributed by atoms with E-state index in [0.29, 0.717) is 17.1 Å². The zero-order valence-corrected chi connectivity index (χ0v) is 19.0. The Morgan fingerprint density at radius 3 is 2.65 bits per heavy atom. The van der Waals surface area contributed by atoms with Crippen LogP contribution in [0.15, 0.2) is 48.5 Å². The first-order valence-electron chi connectivity index (χ1n) is 11.8. The minimum absolute atomic E-state index is 0.0345. The highest BCUT2D eigenvalue weighted by Gasteiger charge is 2.28. The van der Waals surface area contributed by atoms with E-state index in [-0.39, 0.29) is 23.5 Å². The van der Waals surface area contributed by atoms with Crippen molar-refractivity contribution in [2.75, 3.05) is 18.4 Å². The van der Waals surface area contributed by atoms with E-state index >= 15 is 0 Å². The number of carbonyl (C=O) groups is 2. The molecular weight excluding hydrogens is 433 g/mol. The van der Waals surface area contributed by atoms with E-state index in [1.165, 1.54) is 6.07 Å². The van der Waals surface area contributed by atoms with Crippen molar-refractivity contribution >= 4 is 17.5 Å². The van der Waals surface area contributed by atoms with E-state index in [1.807, 2.05) is 24.3 Å². The summed E-state index contributed by atoms with van der Waals surface area (Å²) in [6.45, 7) is 2.39. The van der Waals surface area contributed by atoms with Crippen molar-refractivity contribution in [1.82, 2.24) is 14.7 Å². The van der Waals surface area contributed by atoms with Crippen molar-refractivity contribution in [2.45, 2.75) is 38.6 Å². The molecule has 2 heterocycles. The number of aromatic nitrogens is 2. The van der Waals surface area contributed by atoms with Crippen molar-refractivity contribution in [3.8, 4) is 5.69 Å². The summed E-state index contributed by atoms with van der Waals surface area (Å²) in [4.78, 5) is 26.9. The molecule has 8 heteroatoms. The molecule has 1 saturated heterocycles. The normalized spacial score (nSPS) is 16.4. The van der Waals surface area contributed by atoms with Gasteiger partial charge in [-0.3, -0.25) is 14.5 Å². The Kier molecular flexibility index (Phi) is 6.15. The van der Waals surface area contributed by atoms with Gasteiger partial charge in [0.1, 0.15) is 11.5 Å². The van der Waals surface area contributed by atoms with Gasteiger partial charge >= 0.3 is 0 Å². The third-order valence-electron chi connectivity index (χ3n) is 6.81. The SMILES string of the molecule is NC(=O)C1CCN(Cc2cccc(NC(=O)c3nn(-c4ccccc4F)c4c3CCC4)c2)CC1. The van der Waals surface area contributed by atoms with Gasteiger partial charge in [-0.25, -0.2) is 9.07 Å². The second kappa shape index (κ2) is 9.38. The Hall–Kier alpha value is -3.52. The smallest absolute Gasteiger partial charge is 0.276 e. The van der Waals surface area contributed by atoms with Gasteiger partial charge in [-0.1, -0.05) is 24.3 Å². The molecule has 34 heavy (non-hydrogen) atoms. The number of likely N-dealkylation sites (tertiary alicyclic amines) is 1. The monoisotopic (exact) mass is 461 g/mol. The zero-order valence-electron chi connectivity index (χ0n) is 19.0. The minimum Gasteiger partial charge on any atom is -0.369 e. The van der Waals surface area contributed by atoms with Gasteiger partial charge in [0.2, 0.25) is 5.91 Å². The number of carbonyl (C=O) groups excluding carboxylic acids is 2. The number of piperidine rings is 1. The Morgan fingerprint density at radius 2 is 1.88 bits per heavy atom. The summed E-state index contributed by atoms with van der Waals surface area (Å²) in [5.74, 6) is -0.895. The lowest BCUT2D eigenvalue weighted by Crippen LogP contribution is -2.38. The van der Waals surface area contributed by atoms with Crippen LogP contribution in [-0.2, 0) is 24.2 Å². The molecule has 5 rings (SSSR count). The molecule has 1 aliphatic carbocycles. The summed E-state index contributed by atoms with van der Waals surface area (Å²) < 4.78 is 16.0. The average molecular weight is 462 g/mol. The van der Waals surface area contributed by atoms with Crippen LogP contribution in [-0.4, -0.2) is 39.6 Å². The molecule has 2 amide bonds. The lowest BCUT2D eigenvalue weighted by atomic mass is 9.96. The van der Waals surface area contributed by atoms with E-state index < -0.39 is 0 Å². The Labute approximate surface area is 197 Å². The summed E-state index contributed by atoms with van der Waals surface area (Å²) in [7, 11) is 0. The fraction of sp³-hybridized carbons (Fsp3) is 0.346. The molecular formula is C26H28FN5O2. The molecule has 0 saturated carbocycles. The number of benzene rings is 2. The number of nitrogens with two attached hydrogens (primary N) is 1. The molecule has 1 fully saturated rings. The van der Waals surface area contributed by atoms with Gasteiger partial charge in [-0.2, -0.15) is 5.10 Å². The third-order valence-corrected chi connectivity index (χ3v) is 6.81. The molecule has 1 aliphatic heterocycles. The molecule has 0 bridgehead atoms. The summed E-state index contributed by atoms with van der Waals surface area (Å²) in [6.07, 6.45) is 4.01. The Bertz CT molecular complexity index is 1230. The van der Waals surface area contributed by atoms with Crippen molar-refractivity contribution in [3.05, 3.63) is 76.9 Å². The van der Waals surface area contributed by atoms with Crippen LogP contribution in [0.1, 0.15) is 46.6 Å². The van der Waals surface area contributed by atoms with Crippen LogP contribution in [0.25, 0.3) is 5.69 Å². The maximum atomic E-state index is 14.4. The van der Waals surface area contributed by atoms with Gasteiger partial charge in [-0.05, 0) is 75.0 Å². The summed E-state index contributed by atoms with van der Waals surface area (Å²) >= 11 is 0. The maximum Gasteiger partial charge on any atom is 0.276 e. The molecule has 0 radical (unpaired) electrons. The number of nitrogens with one attached hydrogen (secondary N) is 1. The number of rotatable bonds is 6. The number of hydrogen-bond acceptors (Lipinski definition) is 4. The van der Waals surface area contributed by atoms with Crippen LogP contribution in [0.2, 0.25) is 0 Å². The summed E-state index contributed by atoms with van der Waals surface area (Å²) in [5.41, 5.74) is 9.73. The van der Waals surface area contributed by atoms with Gasteiger partial charge in [0.05, 0.1) is 0 Å². The highest BCUT2D eigenvalue weighted by atomic mass is 19.1. The number of nitrogens with zero attached hydrogens (tertiary/aromatic N) is 3. The van der Waals surface area contributed by atoms with Gasteiger partial charge in [-0.15, -0.1) is 0 Å².